The van der Waals surface area contributed by atoms with Gasteiger partial charge in [-0.25, -0.2) is 0 Å². The van der Waals surface area contributed by atoms with Crippen molar-refractivity contribution in [1.29, 1.82) is 0 Å². The van der Waals surface area contributed by atoms with Crippen LogP contribution in [0, 0.1) is 6.92 Å². The summed E-state index contributed by atoms with van der Waals surface area (Å²) in [6, 6.07) is 6.25. The van der Waals surface area contributed by atoms with Crippen molar-refractivity contribution in [3.63, 3.8) is 0 Å². The van der Waals surface area contributed by atoms with Gasteiger partial charge in [-0.05, 0) is 50.1 Å². The first-order valence-electron chi connectivity index (χ1n) is 6.66. The van der Waals surface area contributed by atoms with Gasteiger partial charge in [0.2, 0.25) is 0 Å². The van der Waals surface area contributed by atoms with Gasteiger partial charge in [-0.2, -0.15) is 0 Å². The van der Waals surface area contributed by atoms with Crippen molar-refractivity contribution < 1.29 is 4.74 Å². The number of rotatable bonds is 2. The third-order valence-corrected chi connectivity index (χ3v) is 4.01. The molecule has 3 rings (SSSR count). The fraction of sp³-hybridized carbons (Fsp3) is 0.467. The Kier molecular flexibility index (Phi) is 3.00. The zero-order valence-corrected chi connectivity index (χ0v) is 11.0. The normalized spacial score (nSPS) is 20.2. The summed E-state index contributed by atoms with van der Waals surface area (Å²) in [7, 11) is 1.72. The largest absolute Gasteiger partial charge is 0.497 e. The van der Waals surface area contributed by atoms with Crippen LogP contribution in [0.3, 0.4) is 0 Å². The van der Waals surface area contributed by atoms with Crippen LogP contribution in [-0.4, -0.2) is 25.2 Å². The summed E-state index contributed by atoms with van der Waals surface area (Å²) in [6.45, 7) is 4.45. The molecule has 1 aromatic carbocycles. The summed E-state index contributed by atoms with van der Waals surface area (Å²) in [5, 5.41) is 4.77. The van der Waals surface area contributed by atoms with Crippen molar-refractivity contribution >= 4 is 10.9 Å². The van der Waals surface area contributed by atoms with Crippen LogP contribution in [0.4, 0.5) is 0 Å². The lowest BCUT2D eigenvalue weighted by Gasteiger charge is -2.22. The third-order valence-electron chi connectivity index (χ3n) is 4.01. The molecule has 3 heteroatoms. The predicted octanol–water partition coefficient (Wildman–Crippen LogP) is 2.95. The Balaban J connectivity index is 2.04. The second-order valence-electron chi connectivity index (χ2n) is 5.12. The number of aromatic nitrogens is 1. The standard InChI is InChI=1S/C15H20N2O/c1-10-13-8-12(18-2)5-6-14(13)17-15(10)11-4-3-7-16-9-11/h5-6,8,11,16-17H,3-4,7,9H2,1-2H3. The van der Waals surface area contributed by atoms with Gasteiger partial charge in [0.25, 0.3) is 0 Å². The zero-order chi connectivity index (χ0) is 12.5. The first-order valence-corrected chi connectivity index (χ1v) is 6.66. The molecule has 1 aromatic heterocycles. The highest BCUT2D eigenvalue weighted by Crippen LogP contribution is 2.32. The lowest BCUT2D eigenvalue weighted by atomic mass is 9.93. The smallest absolute Gasteiger partial charge is 0.119 e. The molecule has 2 heterocycles. The Morgan fingerprint density at radius 2 is 2.22 bits per heavy atom. The van der Waals surface area contributed by atoms with E-state index in [1.807, 2.05) is 6.07 Å². The molecular weight excluding hydrogens is 224 g/mol. The van der Waals surface area contributed by atoms with Crippen LogP contribution in [0.2, 0.25) is 0 Å². The summed E-state index contributed by atoms with van der Waals surface area (Å²) >= 11 is 0. The lowest BCUT2D eigenvalue weighted by Crippen LogP contribution is -2.28. The first kappa shape index (κ1) is 11.6. The minimum absolute atomic E-state index is 0.622. The quantitative estimate of drug-likeness (QED) is 0.852. The molecule has 1 fully saturated rings. The molecular formula is C15H20N2O. The van der Waals surface area contributed by atoms with Gasteiger partial charge in [-0.15, -0.1) is 0 Å². The number of aryl methyl sites for hydroxylation is 1. The van der Waals surface area contributed by atoms with Gasteiger partial charge >= 0.3 is 0 Å². The Hall–Kier alpha value is -1.48. The summed E-state index contributed by atoms with van der Waals surface area (Å²) < 4.78 is 5.31. The van der Waals surface area contributed by atoms with Gasteiger partial charge in [0, 0.05) is 29.1 Å². The predicted molar refractivity (Wildman–Crippen MR) is 74.4 cm³/mol. The molecule has 0 aliphatic carbocycles. The van der Waals surface area contributed by atoms with E-state index in [0.29, 0.717) is 5.92 Å². The minimum atomic E-state index is 0.622. The van der Waals surface area contributed by atoms with E-state index in [1.165, 1.54) is 35.0 Å². The summed E-state index contributed by atoms with van der Waals surface area (Å²) in [5.74, 6) is 1.55. The molecule has 2 N–H and O–H groups in total. The van der Waals surface area contributed by atoms with E-state index >= 15 is 0 Å². The number of piperidine rings is 1. The molecule has 1 saturated heterocycles. The second kappa shape index (κ2) is 4.65. The number of ether oxygens (including phenoxy) is 1. The van der Waals surface area contributed by atoms with Crippen LogP contribution in [-0.2, 0) is 0 Å². The van der Waals surface area contributed by atoms with E-state index in [0.717, 1.165) is 18.8 Å². The molecule has 96 valence electrons. The third kappa shape index (κ3) is 1.89. The van der Waals surface area contributed by atoms with Gasteiger partial charge in [-0.3, -0.25) is 0 Å². The lowest BCUT2D eigenvalue weighted by molar-refractivity contribution is 0.415. The van der Waals surface area contributed by atoms with Crippen LogP contribution < -0.4 is 10.1 Å². The van der Waals surface area contributed by atoms with Gasteiger partial charge < -0.3 is 15.0 Å². The molecule has 18 heavy (non-hydrogen) atoms. The number of hydrogen-bond acceptors (Lipinski definition) is 2. The van der Waals surface area contributed by atoms with Crippen LogP contribution in [0.25, 0.3) is 10.9 Å². The van der Waals surface area contributed by atoms with E-state index in [4.69, 9.17) is 4.74 Å². The van der Waals surface area contributed by atoms with E-state index in [2.05, 4.69) is 29.4 Å². The average molecular weight is 244 g/mol. The second-order valence-corrected chi connectivity index (χ2v) is 5.12. The van der Waals surface area contributed by atoms with Crippen LogP contribution >= 0.6 is 0 Å². The van der Waals surface area contributed by atoms with Gasteiger partial charge in [-0.1, -0.05) is 0 Å². The monoisotopic (exact) mass is 244 g/mol. The maximum Gasteiger partial charge on any atom is 0.119 e. The van der Waals surface area contributed by atoms with Gasteiger partial charge in [0.05, 0.1) is 7.11 Å². The van der Waals surface area contributed by atoms with E-state index in [9.17, 15) is 0 Å². The number of benzene rings is 1. The molecule has 3 nitrogen and oxygen atoms in total. The Bertz CT molecular complexity index is 553. The fourth-order valence-electron chi connectivity index (χ4n) is 2.96. The Labute approximate surface area is 108 Å². The molecule has 1 atom stereocenters. The van der Waals surface area contributed by atoms with Crippen LogP contribution in [0.15, 0.2) is 18.2 Å². The molecule has 1 aliphatic heterocycles. The number of nitrogens with one attached hydrogen (secondary N) is 2. The molecule has 1 aliphatic rings. The number of fused-ring (bicyclic) bond motifs is 1. The Morgan fingerprint density at radius 3 is 2.94 bits per heavy atom. The number of H-pyrrole nitrogens is 1. The first-order chi connectivity index (χ1) is 8.79. The summed E-state index contributed by atoms with van der Waals surface area (Å²) in [4.78, 5) is 3.59. The van der Waals surface area contributed by atoms with Crippen molar-refractivity contribution in [2.75, 3.05) is 20.2 Å². The highest BCUT2D eigenvalue weighted by Gasteiger charge is 2.20. The van der Waals surface area contributed by atoms with Gasteiger partial charge in [0.1, 0.15) is 5.75 Å². The molecule has 0 spiro atoms. The molecule has 0 amide bonds. The number of hydrogen-bond donors (Lipinski definition) is 2. The highest BCUT2D eigenvalue weighted by atomic mass is 16.5. The minimum Gasteiger partial charge on any atom is -0.497 e. The number of aromatic amines is 1. The molecule has 1 unspecified atom stereocenters. The maximum atomic E-state index is 5.31. The number of methoxy groups -OCH3 is 1. The zero-order valence-electron chi connectivity index (χ0n) is 11.0. The average Bonchev–Trinajstić information content (AvgIpc) is 2.77. The SMILES string of the molecule is COc1ccc2[nH]c(C3CCCNC3)c(C)c2c1. The van der Waals surface area contributed by atoms with Crippen molar-refractivity contribution in [2.45, 2.75) is 25.7 Å². The van der Waals surface area contributed by atoms with Gasteiger partial charge in [0.15, 0.2) is 0 Å². The molecule has 2 aromatic rings. The Morgan fingerprint density at radius 1 is 1.33 bits per heavy atom. The van der Waals surface area contributed by atoms with Crippen molar-refractivity contribution in [3.05, 3.63) is 29.5 Å². The molecule has 0 saturated carbocycles. The summed E-state index contributed by atoms with van der Waals surface area (Å²) in [6.07, 6.45) is 2.54. The maximum absolute atomic E-state index is 5.31. The van der Waals surface area contributed by atoms with E-state index in [-0.39, 0.29) is 0 Å². The van der Waals surface area contributed by atoms with E-state index < -0.39 is 0 Å². The van der Waals surface area contributed by atoms with Crippen molar-refractivity contribution in [1.82, 2.24) is 10.3 Å². The fourth-order valence-corrected chi connectivity index (χ4v) is 2.96. The molecule has 0 bridgehead atoms. The van der Waals surface area contributed by atoms with Crippen molar-refractivity contribution in [2.24, 2.45) is 0 Å². The molecule has 0 radical (unpaired) electrons. The van der Waals surface area contributed by atoms with Crippen LogP contribution in [0.5, 0.6) is 5.75 Å². The van der Waals surface area contributed by atoms with Crippen molar-refractivity contribution in [3.8, 4) is 5.75 Å². The highest BCUT2D eigenvalue weighted by molar-refractivity contribution is 5.86. The van der Waals surface area contributed by atoms with Crippen LogP contribution in [0.1, 0.15) is 30.0 Å². The van der Waals surface area contributed by atoms with E-state index in [1.54, 1.807) is 7.11 Å². The summed E-state index contributed by atoms with van der Waals surface area (Å²) in [5.41, 5.74) is 3.98. The topological polar surface area (TPSA) is 37.0 Å².